The maximum atomic E-state index is 13.0. The Hall–Kier alpha value is -1.14. The van der Waals surface area contributed by atoms with E-state index in [1.165, 1.54) is 0 Å². The number of morpholine rings is 1. The lowest BCUT2D eigenvalue weighted by atomic mass is 9.82. The Morgan fingerprint density at radius 3 is 2.81 bits per heavy atom. The molecular formula is C15H27N3O3. The van der Waals surface area contributed by atoms with Crippen LogP contribution in [0.3, 0.4) is 0 Å². The van der Waals surface area contributed by atoms with E-state index < -0.39 is 6.04 Å². The fourth-order valence-electron chi connectivity index (χ4n) is 3.13. The van der Waals surface area contributed by atoms with E-state index in [0.717, 1.165) is 19.4 Å². The van der Waals surface area contributed by atoms with Gasteiger partial charge in [0.15, 0.2) is 0 Å². The Kier molecular flexibility index (Phi) is 5.22. The molecule has 2 heterocycles. The van der Waals surface area contributed by atoms with Crippen molar-refractivity contribution in [2.45, 2.75) is 45.7 Å². The minimum atomic E-state index is -0.502. The first-order valence-electron chi connectivity index (χ1n) is 7.90. The molecule has 6 nitrogen and oxygen atoms in total. The van der Waals surface area contributed by atoms with Gasteiger partial charge in [-0.3, -0.25) is 9.59 Å². The average molecular weight is 297 g/mol. The number of carbonyl (C=O) groups is 2. The van der Waals surface area contributed by atoms with E-state index in [-0.39, 0.29) is 29.9 Å². The van der Waals surface area contributed by atoms with Crippen LogP contribution in [0, 0.1) is 5.41 Å². The van der Waals surface area contributed by atoms with Crippen molar-refractivity contribution in [1.82, 2.24) is 15.5 Å². The monoisotopic (exact) mass is 297 g/mol. The SMILES string of the molecule is CCC1(C(=O)N2CCOCC2C(=O)NC(C)C)CCNC1. The summed E-state index contributed by atoms with van der Waals surface area (Å²) >= 11 is 0. The molecule has 2 N–H and O–H groups in total. The summed E-state index contributed by atoms with van der Waals surface area (Å²) in [5, 5.41) is 6.17. The van der Waals surface area contributed by atoms with Crippen LogP contribution < -0.4 is 10.6 Å². The Bertz CT molecular complexity index is 392. The van der Waals surface area contributed by atoms with Gasteiger partial charge in [-0.05, 0) is 33.2 Å². The number of carbonyl (C=O) groups excluding carboxylic acids is 2. The Balaban J connectivity index is 2.14. The van der Waals surface area contributed by atoms with E-state index in [2.05, 4.69) is 17.6 Å². The largest absolute Gasteiger partial charge is 0.377 e. The Morgan fingerprint density at radius 1 is 1.48 bits per heavy atom. The van der Waals surface area contributed by atoms with Crippen LogP contribution in [-0.2, 0) is 14.3 Å². The van der Waals surface area contributed by atoms with Crippen LogP contribution >= 0.6 is 0 Å². The van der Waals surface area contributed by atoms with Gasteiger partial charge in [0, 0.05) is 19.1 Å². The quantitative estimate of drug-likeness (QED) is 0.774. The molecule has 2 saturated heterocycles. The fraction of sp³-hybridized carbons (Fsp3) is 0.867. The standard InChI is InChI=1S/C15H27N3O3/c1-4-15(5-6-16-10-15)14(20)18-7-8-21-9-12(18)13(19)17-11(2)3/h11-12,16H,4-10H2,1-3H3,(H,17,19). The van der Waals surface area contributed by atoms with Crippen LogP contribution in [0.4, 0.5) is 0 Å². The molecule has 2 aliphatic rings. The van der Waals surface area contributed by atoms with E-state index >= 15 is 0 Å². The predicted octanol–water partition coefficient (Wildman–Crippen LogP) is 0.128. The van der Waals surface area contributed by atoms with Crippen molar-refractivity contribution >= 4 is 11.8 Å². The number of nitrogens with one attached hydrogen (secondary N) is 2. The lowest BCUT2D eigenvalue weighted by Gasteiger charge is -2.40. The molecule has 0 aromatic carbocycles. The van der Waals surface area contributed by atoms with Gasteiger partial charge < -0.3 is 20.3 Å². The third kappa shape index (κ3) is 3.37. The van der Waals surface area contributed by atoms with Gasteiger partial charge in [0.2, 0.25) is 11.8 Å². The maximum absolute atomic E-state index is 13.0. The molecule has 2 aliphatic heterocycles. The van der Waals surface area contributed by atoms with Crippen molar-refractivity contribution < 1.29 is 14.3 Å². The molecule has 120 valence electrons. The van der Waals surface area contributed by atoms with E-state index in [1.807, 2.05) is 13.8 Å². The van der Waals surface area contributed by atoms with Gasteiger partial charge in [-0.1, -0.05) is 6.92 Å². The third-order valence-corrected chi connectivity index (χ3v) is 4.50. The highest BCUT2D eigenvalue weighted by molar-refractivity contribution is 5.91. The molecule has 21 heavy (non-hydrogen) atoms. The topological polar surface area (TPSA) is 70.7 Å². The molecule has 0 aliphatic carbocycles. The van der Waals surface area contributed by atoms with Crippen molar-refractivity contribution in [3.8, 4) is 0 Å². The third-order valence-electron chi connectivity index (χ3n) is 4.50. The molecule has 2 rings (SSSR count). The molecule has 0 aromatic rings. The first kappa shape index (κ1) is 16.2. The molecule has 2 amide bonds. The molecule has 2 fully saturated rings. The number of amides is 2. The summed E-state index contributed by atoms with van der Waals surface area (Å²) in [7, 11) is 0. The van der Waals surface area contributed by atoms with E-state index in [4.69, 9.17) is 4.74 Å². The van der Waals surface area contributed by atoms with Gasteiger partial charge in [0.1, 0.15) is 6.04 Å². The Labute approximate surface area is 126 Å². The second kappa shape index (κ2) is 6.75. The summed E-state index contributed by atoms with van der Waals surface area (Å²) in [4.78, 5) is 27.1. The van der Waals surface area contributed by atoms with Crippen LogP contribution in [0.25, 0.3) is 0 Å². The summed E-state index contributed by atoms with van der Waals surface area (Å²) in [6.07, 6.45) is 1.65. The molecule has 0 spiro atoms. The van der Waals surface area contributed by atoms with Crippen LogP contribution in [0.5, 0.6) is 0 Å². The van der Waals surface area contributed by atoms with Crippen molar-refractivity contribution in [2.24, 2.45) is 5.41 Å². The van der Waals surface area contributed by atoms with Crippen LogP contribution in [0.2, 0.25) is 0 Å². The zero-order valence-electron chi connectivity index (χ0n) is 13.3. The van der Waals surface area contributed by atoms with Crippen molar-refractivity contribution in [3.63, 3.8) is 0 Å². The van der Waals surface area contributed by atoms with Gasteiger partial charge in [-0.25, -0.2) is 0 Å². The summed E-state index contributed by atoms with van der Waals surface area (Å²) in [6.45, 7) is 8.75. The highest BCUT2D eigenvalue weighted by Crippen LogP contribution is 2.33. The minimum absolute atomic E-state index is 0.0599. The number of hydrogen-bond acceptors (Lipinski definition) is 4. The number of hydrogen-bond donors (Lipinski definition) is 2. The van der Waals surface area contributed by atoms with E-state index in [1.54, 1.807) is 4.90 Å². The molecule has 0 radical (unpaired) electrons. The number of ether oxygens (including phenoxy) is 1. The van der Waals surface area contributed by atoms with Gasteiger partial charge in [0.05, 0.1) is 18.6 Å². The fourth-order valence-corrected chi connectivity index (χ4v) is 3.13. The highest BCUT2D eigenvalue weighted by Gasteiger charge is 2.45. The minimum Gasteiger partial charge on any atom is -0.377 e. The molecule has 2 atom stereocenters. The van der Waals surface area contributed by atoms with Crippen molar-refractivity contribution in [1.29, 1.82) is 0 Å². The van der Waals surface area contributed by atoms with Crippen LogP contribution in [-0.4, -0.2) is 61.6 Å². The zero-order valence-corrected chi connectivity index (χ0v) is 13.3. The summed E-state index contributed by atoms with van der Waals surface area (Å²) in [5.41, 5.74) is -0.353. The summed E-state index contributed by atoms with van der Waals surface area (Å²) < 4.78 is 5.42. The number of rotatable bonds is 4. The first-order valence-corrected chi connectivity index (χ1v) is 7.90. The van der Waals surface area contributed by atoms with Crippen molar-refractivity contribution in [2.75, 3.05) is 32.8 Å². The molecule has 0 aromatic heterocycles. The van der Waals surface area contributed by atoms with Gasteiger partial charge >= 0.3 is 0 Å². The van der Waals surface area contributed by atoms with E-state index in [0.29, 0.717) is 19.7 Å². The maximum Gasteiger partial charge on any atom is 0.245 e. The second-order valence-electron chi connectivity index (χ2n) is 6.31. The second-order valence-corrected chi connectivity index (χ2v) is 6.31. The first-order chi connectivity index (χ1) is 10.00. The molecule has 0 saturated carbocycles. The summed E-state index contributed by atoms with van der Waals surface area (Å²) in [5.74, 6) is -0.0162. The highest BCUT2D eigenvalue weighted by atomic mass is 16.5. The lowest BCUT2D eigenvalue weighted by molar-refractivity contribution is -0.156. The van der Waals surface area contributed by atoms with E-state index in [9.17, 15) is 9.59 Å². The zero-order chi connectivity index (χ0) is 15.5. The molecular weight excluding hydrogens is 270 g/mol. The van der Waals surface area contributed by atoms with Gasteiger partial charge in [-0.2, -0.15) is 0 Å². The smallest absolute Gasteiger partial charge is 0.245 e. The summed E-state index contributed by atoms with van der Waals surface area (Å²) in [6, 6.07) is -0.442. The van der Waals surface area contributed by atoms with Gasteiger partial charge in [0.25, 0.3) is 0 Å². The average Bonchev–Trinajstić information content (AvgIpc) is 2.96. The molecule has 0 bridgehead atoms. The number of nitrogens with zero attached hydrogens (tertiary/aromatic N) is 1. The normalized spacial score (nSPS) is 29.7. The molecule has 6 heteroatoms. The Morgan fingerprint density at radius 2 is 2.24 bits per heavy atom. The lowest BCUT2D eigenvalue weighted by Crippen LogP contribution is -2.60. The predicted molar refractivity (Wildman–Crippen MR) is 79.8 cm³/mol. The molecule has 2 unspecified atom stereocenters. The van der Waals surface area contributed by atoms with Crippen LogP contribution in [0.1, 0.15) is 33.6 Å². The van der Waals surface area contributed by atoms with Crippen molar-refractivity contribution in [3.05, 3.63) is 0 Å². The van der Waals surface area contributed by atoms with Crippen LogP contribution in [0.15, 0.2) is 0 Å². The van der Waals surface area contributed by atoms with Gasteiger partial charge in [-0.15, -0.1) is 0 Å².